The van der Waals surface area contributed by atoms with Crippen LogP contribution in [0.5, 0.6) is 0 Å². The van der Waals surface area contributed by atoms with Crippen LogP contribution in [0.1, 0.15) is 5.76 Å². The predicted octanol–water partition coefficient (Wildman–Crippen LogP) is 4.71. The molecule has 11 heteroatoms. The molecular formula is C16H9Cl2F3N2O3S. The zero-order chi connectivity index (χ0) is 19.9. The summed E-state index contributed by atoms with van der Waals surface area (Å²) in [6, 6.07) is 5.74. The summed E-state index contributed by atoms with van der Waals surface area (Å²) in [7, 11) is -4.64. The second-order valence-electron chi connectivity index (χ2n) is 5.44. The van der Waals surface area contributed by atoms with Gasteiger partial charge in [0.1, 0.15) is 17.3 Å². The van der Waals surface area contributed by atoms with Crippen LogP contribution in [-0.4, -0.2) is 13.6 Å². The minimum absolute atomic E-state index is 0.0224. The molecule has 142 valence electrons. The third kappa shape index (κ3) is 3.81. The molecule has 0 fully saturated rings. The Balaban J connectivity index is 2.28. The molecule has 0 radical (unpaired) electrons. The van der Waals surface area contributed by atoms with Crippen molar-refractivity contribution < 1.29 is 26.1 Å². The van der Waals surface area contributed by atoms with Crippen molar-refractivity contribution in [2.75, 3.05) is 0 Å². The van der Waals surface area contributed by atoms with E-state index in [4.69, 9.17) is 32.9 Å². The van der Waals surface area contributed by atoms with E-state index in [1.165, 1.54) is 18.2 Å². The fourth-order valence-corrected chi connectivity index (χ4v) is 3.76. The predicted molar refractivity (Wildman–Crippen MR) is 93.5 cm³/mol. The molecule has 0 atom stereocenters. The van der Waals surface area contributed by atoms with E-state index in [1.54, 1.807) is 0 Å². The molecule has 2 N–H and O–H groups in total. The van der Waals surface area contributed by atoms with Crippen LogP contribution in [0.25, 0.3) is 22.4 Å². The van der Waals surface area contributed by atoms with Crippen LogP contribution in [0.4, 0.5) is 13.2 Å². The lowest BCUT2D eigenvalue weighted by Crippen LogP contribution is -2.16. The number of sulfonamides is 1. The maximum absolute atomic E-state index is 14.2. The Labute approximate surface area is 161 Å². The van der Waals surface area contributed by atoms with Gasteiger partial charge in [-0.25, -0.2) is 26.7 Å². The molecule has 3 rings (SSSR count). The average Bonchev–Trinajstić information content (AvgIpc) is 2.95. The summed E-state index contributed by atoms with van der Waals surface area (Å²) in [5.74, 6) is -3.19. The van der Waals surface area contributed by atoms with Gasteiger partial charge in [-0.1, -0.05) is 28.4 Å². The van der Waals surface area contributed by atoms with E-state index in [0.717, 1.165) is 0 Å². The van der Waals surface area contributed by atoms with Gasteiger partial charge in [0.05, 0.1) is 5.56 Å². The molecule has 0 saturated carbocycles. The Kier molecular flexibility index (Phi) is 5.22. The molecule has 2 aromatic carbocycles. The lowest BCUT2D eigenvalue weighted by atomic mass is 9.99. The number of rotatable bonds is 4. The Morgan fingerprint density at radius 1 is 1.00 bits per heavy atom. The molecule has 0 amide bonds. The molecule has 0 aliphatic rings. The number of nitrogens with two attached hydrogens (primary N) is 1. The van der Waals surface area contributed by atoms with Gasteiger partial charge in [-0.05, 0) is 35.9 Å². The van der Waals surface area contributed by atoms with E-state index in [-0.39, 0.29) is 32.6 Å². The topological polar surface area (TPSA) is 86.2 Å². The number of hydrogen-bond acceptors (Lipinski definition) is 4. The number of hydrogen-bond donors (Lipinski definition) is 1. The van der Waals surface area contributed by atoms with Gasteiger partial charge in [0, 0.05) is 15.6 Å². The van der Waals surface area contributed by atoms with E-state index < -0.39 is 33.2 Å². The molecule has 0 bridgehead atoms. The smallest absolute Gasteiger partial charge is 0.243 e. The SMILES string of the molecule is NS(=O)(=O)c1c(F)cc(-c2c(-c3cc(Cl)cc(Cl)c3)noc2CF)cc1F. The van der Waals surface area contributed by atoms with E-state index in [2.05, 4.69) is 5.16 Å². The van der Waals surface area contributed by atoms with Crippen molar-refractivity contribution in [3.05, 3.63) is 57.8 Å². The first kappa shape index (κ1) is 19.7. The first-order chi connectivity index (χ1) is 12.6. The van der Waals surface area contributed by atoms with Crippen molar-refractivity contribution in [3.8, 4) is 22.4 Å². The molecule has 0 unspecified atom stereocenters. The maximum Gasteiger partial charge on any atom is 0.243 e. The summed E-state index contributed by atoms with van der Waals surface area (Å²) in [5.41, 5.74) is 0.0588. The van der Waals surface area contributed by atoms with Crippen LogP contribution < -0.4 is 5.14 Å². The molecule has 0 saturated heterocycles. The molecule has 27 heavy (non-hydrogen) atoms. The normalized spacial score (nSPS) is 11.8. The fourth-order valence-electron chi connectivity index (χ4n) is 2.58. The van der Waals surface area contributed by atoms with Crippen LogP contribution in [0.3, 0.4) is 0 Å². The molecular weight excluding hydrogens is 428 g/mol. The third-order valence-electron chi connectivity index (χ3n) is 3.59. The second-order valence-corrected chi connectivity index (χ2v) is 7.81. The average molecular weight is 437 g/mol. The van der Waals surface area contributed by atoms with Crippen molar-refractivity contribution in [1.82, 2.24) is 5.16 Å². The van der Waals surface area contributed by atoms with Gasteiger partial charge in [0.25, 0.3) is 0 Å². The lowest BCUT2D eigenvalue weighted by Gasteiger charge is -2.08. The zero-order valence-corrected chi connectivity index (χ0v) is 15.5. The van der Waals surface area contributed by atoms with Crippen LogP contribution >= 0.6 is 23.2 Å². The van der Waals surface area contributed by atoms with E-state index in [9.17, 15) is 21.6 Å². The van der Waals surface area contributed by atoms with E-state index in [1.807, 2.05) is 0 Å². The lowest BCUT2D eigenvalue weighted by molar-refractivity contribution is 0.332. The summed E-state index contributed by atoms with van der Waals surface area (Å²) in [6.07, 6.45) is 0. The zero-order valence-electron chi connectivity index (χ0n) is 13.1. The minimum Gasteiger partial charge on any atom is -0.357 e. The summed E-state index contributed by atoms with van der Waals surface area (Å²) in [6.45, 7) is -1.13. The largest absolute Gasteiger partial charge is 0.357 e. The Morgan fingerprint density at radius 2 is 1.56 bits per heavy atom. The van der Waals surface area contributed by atoms with Gasteiger partial charge in [-0.3, -0.25) is 0 Å². The highest BCUT2D eigenvalue weighted by Crippen LogP contribution is 2.38. The maximum atomic E-state index is 14.2. The molecule has 5 nitrogen and oxygen atoms in total. The molecule has 1 aromatic heterocycles. The highest BCUT2D eigenvalue weighted by atomic mass is 35.5. The van der Waals surface area contributed by atoms with E-state index in [0.29, 0.717) is 17.7 Å². The number of halogens is 5. The van der Waals surface area contributed by atoms with Crippen molar-refractivity contribution in [3.63, 3.8) is 0 Å². The Morgan fingerprint density at radius 3 is 2.04 bits per heavy atom. The number of nitrogens with zero attached hydrogens (tertiary/aromatic N) is 1. The highest BCUT2D eigenvalue weighted by molar-refractivity contribution is 7.89. The molecule has 1 heterocycles. The highest BCUT2D eigenvalue weighted by Gasteiger charge is 2.26. The first-order valence-electron chi connectivity index (χ1n) is 7.15. The summed E-state index contributed by atoms with van der Waals surface area (Å²) < 4.78 is 69.3. The van der Waals surface area contributed by atoms with Crippen molar-refractivity contribution in [1.29, 1.82) is 0 Å². The summed E-state index contributed by atoms with van der Waals surface area (Å²) in [4.78, 5) is -1.29. The molecule has 0 aliphatic carbocycles. The molecule has 3 aromatic rings. The number of primary sulfonamides is 1. The van der Waals surface area contributed by atoms with Gasteiger partial charge in [-0.15, -0.1) is 0 Å². The first-order valence-corrected chi connectivity index (χ1v) is 9.45. The number of alkyl halides is 1. The van der Waals surface area contributed by atoms with Crippen molar-refractivity contribution in [2.45, 2.75) is 11.6 Å². The van der Waals surface area contributed by atoms with Crippen LogP contribution in [0.15, 0.2) is 39.8 Å². The third-order valence-corrected chi connectivity index (χ3v) is 4.99. The number of aromatic nitrogens is 1. The fraction of sp³-hybridized carbons (Fsp3) is 0.0625. The van der Waals surface area contributed by atoms with Gasteiger partial charge in [-0.2, -0.15) is 0 Å². The van der Waals surface area contributed by atoms with Gasteiger partial charge in [0.2, 0.25) is 10.0 Å². The van der Waals surface area contributed by atoms with Crippen molar-refractivity contribution >= 4 is 33.2 Å². The van der Waals surface area contributed by atoms with Gasteiger partial charge >= 0.3 is 0 Å². The Hall–Kier alpha value is -2.07. The van der Waals surface area contributed by atoms with Crippen LogP contribution in [0.2, 0.25) is 10.0 Å². The van der Waals surface area contributed by atoms with Crippen LogP contribution in [-0.2, 0) is 16.7 Å². The summed E-state index contributed by atoms with van der Waals surface area (Å²) in [5, 5.41) is 9.03. The molecule has 0 aliphatic heterocycles. The molecule has 0 spiro atoms. The quantitative estimate of drug-likeness (QED) is 0.641. The minimum atomic E-state index is -4.64. The number of benzene rings is 2. The van der Waals surface area contributed by atoms with Crippen LogP contribution in [0, 0.1) is 11.6 Å². The second kappa shape index (κ2) is 7.16. The summed E-state index contributed by atoms with van der Waals surface area (Å²) >= 11 is 11.9. The standard InChI is InChI=1S/C16H9Cl2F3N2O3S/c17-9-1-8(2-10(18)5-9)15-14(13(6-19)26-23-15)7-3-11(20)16(12(21)4-7)27(22,24)25/h1-5H,6H2,(H2,22,24,25). The van der Waals surface area contributed by atoms with Gasteiger partial charge in [0.15, 0.2) is 17.3 Å². The van der Waals surface area contributed by atoms with E-state index >= 15 is 0 Å². The van der Waals surface area contributed by atoms with Gasteiger partial charge < -0.3 is 4.52 Å². The van der Waals surface area contributed by atoms with Crippen molar-refractivity contribution in [2.24, 2.45) is 5.14 Å². The Bertz CT molecular complexity index is 1110. The monoisotopic (exact) mass is 436 g/mol.